The van der Waals surface area contributed by atoms with Gasteiger partial charge in [0, 0.05) is 19.1 Å². The summed E-state index contributed by atoms with van der Waals surface area (Å²) in [6, 6.07) is 9.81. The third-order valence-corrected chi connectivity index (χ3v) is 3.56. The minimum absolute atomic E-state index is 0.161. The number of aliphatic hydroxyl groups is 1. The second kappa shape index (κ2) is 8.70. The van der Waals surface area contributed by atoms with E-state index in [2.05, 4.69) is 37.1 Å². The summed E-state index contributed by atoms with van der Waals surface area (Å²) in [5.74, 6) is 0. The molecule has 20 heavy (non-hydrogen) atoms. The Balaban J connectivity index is 2.42. The molecule has 1 aromatic rings. The van der Waals surface area contributed by atoms with Crippen LogP contribution in [0.15, 0.2) is 24.3 Å². The number of nitrogens with zero attached hydrogens (tertiary/aromatic N) is 2. The summed E-state index contributed by atoms with van der Waals surface area (Å²) in [6.07, 6.45) is -0.365. The largest absolute Gasteiger partial charge is 0.390 e. The highest BCUT2D eigenvalue weighted by Crippen LogP contribution is 2.12. The Kier molecular flexibility index (Phi) is 7.24. The van der Waals surface area contributed by atoms with E-state index in [4.69, 9.17) is 5.26 Å². The van der Waals surface area contributed by atoms with Crippen LogP contribution in [0.4, 0.5) is 0 Å². The number of aliphatic hydroxyl groups excluding tert-OH is 1. The Labute approximate surface area is 122 Å². The summed E-state index contributed by atoms with van der Waals surface area (Å²) in [7, 11) is 0. The summed E-state index contributed by atoms with van der Waals surface area (Å²) in [6.45, 7) is 9.44. The number of benzene rings is 1. The van der Waals surface area contributed by atoms with E-state index < -0.39 is 0 Å². The topological polar surface area (TPSA) is 59.3 Å². The van der Waals surface area contributed by atoms with E-state index >= 15 is 0 Å². The van der Waals surface area contributed by atoms with Crippen LogP contribution < -0.4 is 5.32 Å². The maximum atomic E-state index is 10.0. The molecule has 0 aliphatic rings. The molecule has 0 bridgehead atoms. The minimum atomic E-state index is -0.365. The van der Waals surface area contributed by atoms with Crippen molar-refractivity contribution in [3.63, 3.8) is 0 Å². The first-order chi connectivity index (χ1) is 9.60. The van der Waals surface area contributed by atoms with Gasteiger partial charge >= 0.3 is 0 Å². The molecular weight excluding hydrogens is 250 g/mol. The smallest absolute Gasteiger partial charge is 0.0991 e. The predicted octanol–water partition coefficient (Wildman–Crippen LogP) is 1.91. The molecule has 1 rings (SSSR count). The van der Waals surface area contributed by atoms with Crippen molar-refractivity contribution in [2.45, 2.75) is 32.9 Å². The SMILES string of the molecule is CCN(CC)CC(O)CNC(C)c1ccc(C#N)cc1. The van der Waals surface area contributed by atoms with Gasteiger partial charge in [-0.25, -0.2) is 0 Å². The van der Waals surface area contributed by atoms with E-state index in [9.17, 15) is 5.11 Å². The van der Waals surface area contributed by atoms with Gasteiger partial charge in [0.15, 0.2) is 0 Å². The van der Waals surface area contributed by atoms with Crippen molar-refractivity contribution in [3.8, 4) is 6.07 Å². The predicted molar refractivity (Wildman–Crippen MR) is 81.4 cm³/mol. The van der Waals surface area contributed by atoms with Crippen LogP contribution in [0.1, 0.15) is 37.9 Å². The second-order valence-corrected chi connectivity index (χ2v) is 5.00. The first kappa shape index (κ1) is 16.6. The van der Waals surface area contributed by atoms with Crippen LogP contribution in [0.5, 0.6) is 0 Å². The average Bonchev–Trinajstić information content (AvgIpc) is 2.50. The van der Waals surface area contributed by atoms with Crippen molar-refractivity contribution in [3.05, 3.63) is 35.4 Å². The summed E-state index contributed by atoms with van der Waals surface area (Å²) in [5.41, 5.74) is 1.79. The number of nitrogens with one attached hydrogen (secondary N) is 1. The maximum Gasteiger partial charge on any atom is 0.0991 e. The number of hydrogen-bond donors (Lipinski definition) is 2. The van der Waals surface area contributed by atoms with E-state index in [0.717, 1.165) is 18.7 Å². The van der Waals surface area contributed by atoms with Crippen molar-refractivity contribution in [1.29, 1.82) is 5.26 Å². The van der Waals surface area contributed by atoms with Crippen LogP contribution in [0.25, 0.3) is 0 Å². The maximum absolute atomic E-state index is 10.0. The zero-order valence-corrected chi connectivity index (χ0v) is 12.6. The fraction of sp³-hybridized carbons (Fsp3) is 0.562. The minimum Gasteiger partial charge on any atom is -0.390 e. The van der Waals surface area contributed by atoms with Gasteiger partial charge in [-0.3, -0.25) is 0 Å². The molecule has 1 aromatic carbocycles. The molecule has 0 heterocycles. The molecule has 0 aliphatic heterocycles. The lowest BCUT2D eigenvalue weighted by Crippen LogP contribution is -2.38. The molecular formula is C16H25N3O. The molecule has 2 N–H and O–H groups in total. The third-order valence-electron chi connectivity index (χ3n) is 3.56. The van der Waals surface area contributed by atoms with E-state index in [1.165, 1.54) is 0 Å². The average molecular weight is 275 g/mol. The van der Waals surface area contributed by atoms with Gasteiger partial charge in [-0.1, -0.05) is 26.0 Å². The van der Waals surface area contributed by atoms with Crippen molar-refractivity contribution < 1.29 is 5.11 Å². The van der Waals surface area contributed by atoms with Crippen LogP contribution in [0.3, 0.4) is 0 Å². The summed E-state index contributed by atoms with van der Waals surface area (Å²) in [4.78, 5) is 2.21. The van der Waals surface area contributed by atoms with Crippen molar-refractivity contribution in [1.82, 2.24) is 10.2 Å². The van der Waals surface area contributed by atoms with Gasteiger partial charge in [-0.2, -0.15) is 5.26 Å². The molecule has 0 aromatic heterocycles. The standard InChI is InChI=1S/C16H25N3O/c1-4-19(5-2)12-16(20)11-18-13(3)15-8-6-14(10-17)7-9-15/h6-9,13,16,18,20H,4-5,11-12H2,1-3H3. The monoisotopic (exact) mass is 275 g/mol. The molecule has 0 spiro atoms. The second-order valence-electron chi connectivity index (χ2n) is 5.00. The van der Waals surface area contributed by atoms with Crippen molar-refractivity contribution in [2.24, 2.45) is 0 Å². The highest BCUT2D eigenvalue weighted by atomic mass is 16.3. The molecule has 0 amide bonds. The molecule has 110 valence electrons. The van der Waals surface area contributed by atoms with E-state index in [1.54, 1.807) is 0 Å². The summed E-state index contributed by atoms with van der Waals surface area (Å²) < 4.78 is 0. The van der Waals surface area contributed by atoms with Gasteiger partial charge < -0.3 is 15.3 Å². The lowest BCUT2D eigenvalue weighted by Gasteiger charge is -2.23. The molecule has 2 unspecified atom stereocenters. The quantitative estimate of drug-likeness (QED) is 0.761. The van der Waals surface area contributed by atoms with Crippen molar-refractivity contribution in [2.75, 3.05) is 26.2 Å². The van der Waals surface area contributed by atoms with Gasteiger partial charge in [0.2, 0.25) is 0 Å². The Morgan fingerprint density at radius 1 is 1.25 bits per heavy atom. The fourth-order valence-electron chi connectivity index (χ4n) is 2.12. The highest BCUT2D eigenvalue weighted by Gasteiger charge is 2.11. The molecule has 0 saturated heterocycles. The molecule has 4 heteroatoms. The van der Waals surface area contributed by atoms with E-state index in [0.29, 0.717) is 18.7 Å². The van der Waals surface area contributed by atoms with E-state index in [-0.39, 0.29) is 12.1 Å². The molecule has 0 fully saturated rings. The summed E-state index contributed by atoms with van der Waals surface area (Å²) in [5, 5.41) is 22.1. The van der Waals surface area contributed by atoms with Crippen LogP contribution in [-0.2, 0) is 0 Å². The zero-order chi connectivity index (χ0) is 15.0. The molecule has 0 aliphatic carbocycles. The lowest BCUT2D eigenvalue weighted by molar-refractivity contribution is 0.114. The number of rotatable bonds is 8. The van der Waals surface area contributed by atoms with Gasteiger partial charge in [0.1, 0.15) is 0 Å². The highest BCUT2D eigenvalue weighted by molar-refractivity contribution is 5.32. The van der Waals surface area contributed by atoms with Gasteiger partial charge in [-0.05, 0) is 37.7 Å². The van der Waals surface area contributed by atoms with Crippen LogP contribution in [-0.4, -0.2) is 42.3 Å². The lowest BCUT2D eigenvalue weighted by atomic mass is 10.1. The Morgan fingerprint density at radius 2 is 1.85 bits per heavy atom. The van der Waals surface area contributed by atoms with E-state index in [1.807, 2.05) is 24.3 Å². The summed E-state index contributed by atoms with van der Waals surface area (Å²) >= 11 is 0. The Bertz CT molecular complexity index is 420. The van der Waals surface area contributed by atoms with Crippen molar-refractivity contribution >= 4 is 0 Å². The Hall–Kier alpha value is -1.41. The number of likely N-dealkylation sites (N-methyl/N-ethyl adjacent to an activating group) is 1. The molecule has 0 saturated carbocycles. The van der Waals surface area contributed by atoms with Crippen LogP contribution in [0.2, 0.25) is 0 Å². The number of nitriles is 1. The molecule has 4 nitrogen and oxygen atoms in total. The Morgan fingerprint density at radius 3 is 2.35 bits per heavy atom. The van der Waals surface area contributed by atoms with Gasteiger partial charge in [-0.15, -0.1) is 0 Å². The third kappa shape index (κ3) is 5.30. The normalized spacial score (nSPS) is 14.0. The van der Waals surface area contributed by atoms with Crippen LogP contribution >= 0.6 is 0 Å². The number of hydrogen-bond acceptors (Lipinski definition) is 4. The van der Waals surface area contributed by atoms with Gasteiger partial charge in [0.25, 0.3) is 0 Å². The van der Waals surface area contributed by atoms with Crippen LogP contribution in [0, 0.1) is 11.3 Å². The molecule has 0 radical (unpaired) electrons. The first-order valence-corrected chi connectivity index (χ1v) is 7.24. The fourth-order valence-corrected chi connectivity index (χ4v) is 2.12. The zero-order valence-electron chi connectivity index (χ0n) is 12.6. The first-order valence-electron chi connectivity index (χ1n) is 7.24. The van der Waals surface area contributed by atoms with Gasteiger partial charge in [0.05, 0.1) is 17.7 Å². The molecule has 2 atom stereocenters.